The molecule has 0 saturated carbocycles. The molecular weight excluding hydrogens is 362 g/mol. The standard InChI is InChI=1S/C23H17N5O/c1-15-9-10-17-18-8-5-11-26-23(18)29-20(17)19(15)28-14-27(16-6-3-2-4-7-16)21-22(28)25-13-12-24-21/h2-13H,14H2,1H3. The van der Waals surface area contributed by atoms with Crippen LogP contribution in [0.4, 0.5) is 23.0 Å². The van der Waals surface area contributed by atoms with Gasteiger partial charge in [-0.2, -0.15) is 0 Å². The van der Waals surface area contributed by atoms with Gasteiger partial charge in [-0.15, -0.1) is 0 Å². The molecule has 2 aromatic carbocycles. The van der Waals surface area contributed by atoms with Crippen molar-refractivity contribution in [3.63, 3.8) is 0 Å². The number of benzene rings is 2. The minimum atomic E-state index is 0.605. The Morgan fingerprint density at radius 2 is 1.55 bits per heavy atom. The van der Waals surface area contributed by atoms with Gasteiger partial charge in [0.05, 0.1) is 5.69 Å². The summed E-state index contributed by atoms with van der Waals surface area (Å²) in [5, 5.41) is 2.07. The van der Waals surface area contributed by atoms with E-state index in [2.05, 4.69) is 55.9 Å². The fourth-order valence-corrected chi connectivity index (χ4v) is 4.06. The van der Waals surface area contributed by atoms with Crippen molar-refractivity contribution in [3.05, 3.63) is 78.8 Å². The number of hydrogen-bond acceptors (Lipinski definition) is 6. The summed E-state index contributed by atoms with van der Waals surface area (Å²) in [6.07, 6.45) is 5.22. The highest BCUT2D eigenvalue weighted by atomic mass is 16.3. The van der Waals surface area contributed by atoms with Gasteiger partial charge >= 0.3 is 0 Å². The van der Waals surface area contributed by atoms with Crippen LogP contribution in [0.2, 0.25) is 0 Å². The van der Waals surface area contributed by atoms with Crippen molar-refractivity contribution in [2.24, 2.45) is 0 Å². The van der Waals surface area contributed by atoms with E-state index in [0.717, 1.165) is 44.9 Å². The van der Waals surface area contributed by atoms with Crippen molar-refractivity contribution in [1.82, 2.24) is 15.0 Å². The van der Waals surface area contributed by atoms with E-state index in [1.165, 1.54) is 0 Å². The summed E-state index contributed by atoms with van der Waals surface area (Å²) < 4.78 is 6.21. The molecule has 0 fully saturated rings. The number of nitrogens with zero attached hydrogens (tertiary/aromatic N) is 5. The lowest BCUT2D eigenvalue weighted by atomic mass is 10.1. The average molecular weight is 379 g/mol. The molecule has 0 radical (unpaired) electrons. The number of aryl methyl sites for hydroxylation is 1. The Morgan fingerprint density at radius 1 is 0.759 bits per heavy atom. The minimum Gasteiger partial charge on any atom is -0.435 e. The van der Waals surface area contributed by atoms with Gasteiger partial charge in [0.2, 0.25) is 5.71 Å². The van der Waals surface area contributed by atoms with Gasteiger partial charge in [-0.05, 0) is 36.8 Å². The molecule has 1 aliphatic heterocycles. The number of furan rings is 1. The van der Waals surface area contributed by atoms with Crippen LogP contribution in [0.3, 0.4) is 0 Å². The van der Waals surface area contributed by atoms with Crippen molar-refractivity contribution in [2.75, 3.05) is 16.5 Å². The first-order valence-corrected chi connectivity index (χ1v) is 9.49. The van der Waals surface area contributed by atoms with Crippen molar-refractivity contribution in [3.8, 4) is 0 Å². The summed E-state index contributed by atoms with van der Waals surface area (Å²) in [5.41, 5.74) is 4.66. The zero-order chi connectivity index (χ0) is 19.4. The summed E-state index contributed by atoms with van der Waals surface area (Å²) in [4.78, 5) is 18.0. The molecule has 0 bridgehead atoms. The van der Waals surface area contributed by atoms with E-state index in [1.807, 2.05) is 30.3 Å². The SMILES string of the molecule is Cc1ccc2c(oc3ncccc32)c1N1CN(c2ccccc2)c2nccnc21. The molecule has 0 aliphatic carbocycles. The van der Waals surface area contributed by atoms with Gasteiger partial charge in [0.1, 0.15) is 6.67 Å². The minimum absolute atomic E-state index is 0.605. The number of hydrogen-bond donors (Lipinski definition) is 0. The molecule has 6 rings (SSSR count). The molecule has 140 valence electrons. The van der Waals surface area contributed by atoms with Crippen LogP contribution in [0, 0.1) is 6.92 Å². The van der Waals surface area contributed by atoms with E-state index in [9.17, 15) is 0 Å². The molecule has 3 aromatic heterocycles. The van der Waals surface area contributed by atoms with Crippen LogP contribution in [-0.4, -0.2) is 21.6 Å². The zero-order valence-corrected chi connectivity index (χ0v) is 15.8. The third kappa shape index (κ3) is 2.32. The van der Waals surface area contributed by atoms with Crippen LogP contribution >= 0.6 is 0 Å². The molecule has 0 atom stereocenters. The van der Waals surface area contributed by atoms with Gasteiger partial charge < -0.3 is 14.2 Å². The smallest absolute Gasteiger partial charge is 0.227 e. The van der Waals surface area contributed by atoms with Crippen LogP contribution in [0.15, 0.2) is 77.6 Å². The van der Waals surface area contributed by atoms with E-state index < -0.39 is 0 Å². The number of fused-ring (bicyclic) bond motifs is 4. The Kier molecular flexibility index (Phi) is 3.34. The average Bonchev–Trinajstić information content (AvgIpc) is 3.33. The normalized spacial score (nSPS) is 13.4. The predicted molar refractivity (Wildman–Crippen MR) is 114 cm³/mol. The fraction of sp³-hybridized carbons (Fsp3) is 0.0870. The van der Waals surface area contributed by atoms with Crippen LogP contribution in [-0.2, 0) is 0 Å². The molecule has 5 aromatic rings. The number of rotatable bonds is 2. The highest BCUT2D eigenvalue weighted by molar-refractivity contribution is 6.09. The van der Waals surface area contributed by atoms with Crippen molar-refractivity contribution >= 4 is 45.1 Å². The summed E-state index contributed by atoms with van der Waals surface area (Å²) in [7, 11) is 0. The lowest BCUT2D eigenvalue weighted by Crippen LogP contribution is -2.25. The second kappa shape index (κ2) is 6.04. The molecule has 6 heteroatoms. The Labute approximate surface area is 167 Å². The van der Waals surface area contributed by atoms with Gasteiger partial charge in [-0.25, -0.2) is 15.0 Å². The second-order valence-electron chi connectivity index (χ2n) is 7.10. The first-order valence-electron chi connectivity index (χ1n) is 9.49. The largest absolute Gasteiger partial charge is 0.435 e. The first-order chi connectivity index (χ1) is 14.3. The van der Waals surface area contributed by atoms with Crippen molar-refractivity contribution in [1.29, 1.82) is 0 Å². The number of pyridine rings is 1. The van der Waals surface area contributed by atoms with Gasteiger partial charge in [-0.1, -0.05) is 30.3 Å². The Morgan fingerprint density at radius 3 is 2.38 bits per heavy atom. The summed E-state index contributed by atoms with van der Waals surface area (Å²) in [5.74, 6) is 1.66. The van der Waals surface area contributed by atoms with Crippen LogP contribution in [0.1, 0.15) is 5.56 Å². The van der Waals surface area contributed by atoms with E-state index >= 15 is 0 Å². The summed E-state index contributed by atoms with van der Waals surface area (Å²) in [6, 6.07) is 18.5. The van der Waals surface area contributed by atoms with Gasteiger partial charge in [0.15, 0.2) is 17.2 Å². The Balaban J connectivity index is 1.59. The molecule has 0 amide bonds. The molecule has 6 nitrogen and oxygen atoms in total. The van der Waals surface area contributed by atoms with Gasteiger partial charge in [0, 0.05) is 35.1 Å². The monoisotopic (exact) mass is 379 g/mol. The van der Waals surface area contributed by atoms with Crippen LogP contribution < -0.4 is 9.80 Å². The van der Waals surface area contributed by atoms with E-state index in [1.54, 1.807) is 18.6 Å². The molecule has 0 spiro atoms. The van der Waals surface area contributed by atoms with Crippen molar-refractivity contribution in [2.45, 2.75) is 6.92 Å². The Hall–Kier alpha value is -3.93. The molecular formula is C23H17N5O. The van der Waals surface area contributed by atoms with E-state index in [-0.39, 0.29) is 0 Å². The zero-order valence-electron chi connectivity index (χ0n) is 15.8. The molecule has 0 unspecified atom stereocenters. The maximum absolute atomic E-state index is 6.21. The highest BCUT2D eigenvalue weighted by Gasteiger charge is 2.33. The van der Waals surface area contributed by atoms with E-state index in [4.69, 9.17) is 4.42 Å². The number of anilines is 4. The summed E-state index contributed by atoms with van der Waals surface area (Å²) in [6.45, 7) is 2.70. The van der Waals surface area contributed by atoms with Crippen LogP contribution in [0.5, 0.6) is 0 Å². The third-order valence-electron chi connectivity index (χ3n) is 5.39. The Bertz CT molecular complexity index is 1360. The lowest BCUT2D eigenvalue weighted by molar-refractivity contribution is 0.653. The summed E-state index contributed by atoms with van der Waals surface area (Å²) >= 11 is 0. The molecule has 4 heterocycles. The first kappa shape index (κ1) is 16.1. The number of para-hydroxylation sites is 1. The topological polar surface area (TPSA) is 58.3 Å². The quantitative estimate of drug-likeness (QED) is 0.413. The second-order valence-corrected chi connectivity index (χ2v) is 7.10. The highest BCUT2D eigenvalue weighted by Crippen LogP contribution is 2.45. The predicted octanol–water partition coefficient (Wildman–Crippen LogP) is 5.33. The van der Waals surface area contributed by atoms with E-state index in [0.29, 0.717) is 12.4 Å². The molecule has 29 heavy (non-hydrogen) atoms. The molecule has 0 N–H and O–H groups in total. The maximum atomic E-state index is 6.21. The lowest BCUT2D eigenvalue weighted by Gasteiger charge is -2.22. The maximum Gasteiger partial charge on any atom is 0.227 e. The van der Waals surface area contributed by atoms with Crippen molar-refractivity contribution < 1.29 is 4.42 Å². The number of aromatic nitrogens is 3. The fourth-order valence-electron chi connectivity index (χ4n) is 4.06. The van der Waals surface area contributed by atoms with Gasteiger partial charge in [-0.3, -0.25) is 0 Å². The molecule has 0 saturated heterocycles. The van der Waals surface area contributed by atoms with Gasteiger partial charge in [0.25, 0.3) is 0 Å². The van der Waals surface area contributed by atoms with Crippen LogP contribution in [0.25, 0.3) is 22.1 Å². The third-order valence-corrected chi connectivity index (χ3v) is 5.39. The molecule has 1 aliphatic rings.